The molecule has 0 saturated carbocycles. The van der Waals surface area contributed by atoms with E-state index in [2.05, 4.69) is 4.98 Å². The Balaban J connectivity index is 2.01. The number of aliphatic hydroxyl groups is 1. The topological polar surface area (TPSA) is 86.0 Å². The Hall–Kier alpha value is -2.58. The number of morpholine rings is 1. The van der Waals surface area contributed by atoms with Gasteiger partial charge in [-0.05, 0) is 17.7 Å². The number of methoxy groups -OCH3 is 2. The number of carbonyl (C=O) groups excluding carboxylic acids is 1. The van der Waals surface area contributed by atoms with Crippen LogP contribution in [0.4, 0.5) is 0 Å². The van der Waals surface area contributed by atoms with Gasteiger partial charge in [0.2, 0.25) is 0 Å². The van der Waals surface area contributed by atoms with Gasteiger partial charge in [-0.3, -0.25) is 4.79 Å². The second-order valence-corrected chi connectivity index (χ2v) is 6.04. The lowest BCUT2D eigenvalue weighted by Crippen LogP contribution is -2.49. The lowest BCUT2D eigenvalue weighted by molar-refractivity contribution is -0.0813. The average Bonchev–Trinajstić information content (AvgIpc) is 3.12. The smallest absolute Gasteiger partial charge is 0.272 e. The second kappa shape index (κ2) is 7.76. The number of amides is 1. The molecule has 1 N–H and O–H groups in total. The predicted octanol–water partition coefficient (Wildman–Crippen LogP) is 1.01. The summed E-state index contributed by atoms with van der Waals surface area (Å²) in [5.41, 5.74) is 1.28. The summed E-state index contributed by atoms with van der Waals surface area (Å²) in [5.74, 6) is 0.991. The van der Waals surface area contributed by atoms with Gasteiger partial charge in [-0.1, -0.05) is 6.07 Å². The first-order valence-electron chi connectivity index (χ1n) is 8.32. The molecule has 0 spiro atoms. The van der Waals surface area contributed by atoms with Crippen molar-refractivity contribution < 1.29 is 24.1 Å². The number of hydrogen-bond acceptors (Lipinski definition) is 6. The number of imidazole rings is 1. The van der Waals surface area contributed by atoms with Crippen molar-refractivity contribution in [3.8, 4) is 11.5 Å². The fraction of sp³-hybridized carbons (Fsp3) is 0.444. The monoisotopic (exact) mass is 361 g/mol. The summed E-state index contributed by atoms with van der Waals surface area (Å²) in [6.45, 7) is 0.576. The fourth-order valence-electron chi connectivity index (χ4n) is 3.26. The Morgan fingerprint density at radius 1 is 1.35 bits per heavy atom. The summed E-state index contributed by atoms with van der Waals surface area (Å²) < 4.78 is 18.1. The molecule has 1 amide bonds. The minimum Gasteiger partial charge on any atom is -0.493 e. The fourth-order valence-corrected chi connectivity index (χ4v) is 3.26. The summed E-state index contributed by atoms with van der Waals surface area (Å²) in [6, 6.07) is 5.00. The highest BCUT2D eigenvalue weighted by atomic mass is 16.5. The minimum atomic E-state index is -0.529. The van der Waals surface area contributed by atoms with Gasteiger partial charge in [0.05, 0.1) is 46.0 Å². The van der Waals surface area contributed by atoms with Crippen LogP contribution in [0.15, 0.2) is 30.7 Å². The highest BCUT2D eigenvalue weighted by molar-refractivity contribution is 5.92. The minimum absolute atomic E-state index is 0.161. The molecule has 0 aliphatic carbocycles. The Bertz CT molecular complexity index is 776. The Morgan fingerprint density at radius 3 is 2.73 bits per heavy atom. The molecule has 140 valence electrons. The van der Waals surface area contributed by atoms with Crippen LogP contribution in [0.2, 0.25) is 0 Å². The molecular formula is C18H23N3O5. The molecule has 1 aliphatic rings. The van der Waals surface area contributed by atoms with E-state index in [0.29, 0.717) is 30.3 Å². The van der Waals surface area contributed by atoms with Crippen LogP contribution in [0.1, 0.15) is 22.1 Å². The number of benzene rings is 1. The molecule has 8 heteroatoms. The molecule has 1 aromatic carbocycles. The van der Waals surface area contributed by atoms with Crippen LogP contribution >= 0.6 is 0 Å². The van der Waals surface area contributed by atoms with E-state index in [1.807, 2.05) is 12.1 Å². The second-order valence-electron chi connectivity index (χ2n) is 6.04. The first-order valence-corrected chi connectivity index (χ1v) is 8.32. The van der Waals surface area contributed by atoms with E-state index in [1.165, 1.54) is 6.20 Å². The summed E-state index contributed by atoms with van der Waals surface area (Å²) in [5, 5.41) is 9.80. The van der Waals surface area contributed by atoms with E-state index in [-0.39, 0.29) is 12.5 Å². The van der Waals surface area contributed by atoms with E-state index >= 15 is 0 Å². The number of ether oxygens (including phenoxy) is 3. The third-order valence-electron chi connectivity index (χ3n) is 4.58. The van der Waals surface area contributed by atoms with Gasteiger partial charge in [0, 0.05) is 13.6 Å². The molecular weight excluding hydrogens is 338 g/mol. The molecule has 0 radical (unpaired) electrons. The van der Waals surface area contributed by atoms with Crippen LogP contribution in [-0.4, -0.2) is 65.5 Å². The van der Waals surface area contributed by atoms with Crippen molar-refractivity contribution in [1.29, 1.82) is 0 Å². The van der Waals surface area contributed by atoms with Crippen molar-refractivity contribution in [2.24, 2.45) is 7.05 Å². The third-order valence-corrected chi connectivity index (χ3v) is 4.58. The van der Waals surface area contributed by atoms with Gasteiger partial charge in [0.15, 0.2) is 11.5 Å². The molecule has 2 atom stereocenters. The van der Waals surface area contributed by atoms with Crippen molar-refractivity contribution in [1.82, 2.24) is 14.5 Å². The molecule has 8 nitrogen and oxygen atoms in total. The van der Waals surface area contributed by atoms with Gasteiger partial charge in [0.1, 0.15) is 11.8 Å². The number of aryl methyl sites for hydroxylation is 1. The van der Waals surface area contributed by atoms with Crippen LogP contribution in [0.25, 0.3) is 0 Å². The van der Waals surface area contributed by atoms with E-state index < -0.39 is 12.1 Å². The zero-order valence-electron chi connectivity index (χ0n) is 15.1. The first-order chi connectivity index (χ1) is 12.6. The number of aliphatic hydroxyl groups excluding tert-OH is 1. The maximum atomic E-state index is 13.1. The van der Waals surface area contributed by atoms with E-state index in [9.17, 15) is 9.90 Å². The summed E-state index contributed by atoms with van der Waals surface area (Å²) in [7, 11) is 4.90. The summed E-state index contributed by atoms with van der Waals surface area (Å²) >= 11 is 0. The molecule has 1 saturated heterocycles. The number of hydrogen-bond donors (Lipinski definition) is 1. The Morgan fingerprint density at radius 2 is 2.12 bits per heavy atom. The van der Waals surface area contributed by atoms with Gasteiger partial charge in [-0.25, -0.2) is 4.98 Å². The van der Waals surface area contributed by atoms with Crippen molar-refractivity contribution >= 4 is 5.91 Å². The van der Waals surface area contributed by atoms with Gasteiger partial charge in [0.25, 0.3) is 5.91 Å². The molecule has 26 heavy (non-hydrogen) atoms. The molecule has 0 unspecified atom stereocenters. The summed E-state index contributed by atoms with van der Waals surface area (Å²) in [4.78, 5) is 18.8. The van der Waals surface area contributed by atoms with Crippen molar-refractivity contribution in [2.75, 3.05) is 34.0 Å². The van der Waals surface area contributed by atoms with E-state index in [1.54, 1.807) is 43.1 Å². The lowest BCUT2D eigenvalue weighted by atomic mass is 9.97. The number of nitrogens with zero attached hydrogens (tertiary/aromatic N) is 3. The van der Waals surface area contributed by atoms with E-state index in [4.69, 9.17) is 14.2 Å². The Kier molecular flexibility index (Phi) is 5.43. The average molecular weight is 361 g/mol. The van der Waals surface area contributed by atoms with Crippen LogP contribution < -0.4 is 9.47 Å². The molecule has 2 aromatic rings. The zero-order valence-corrected chi connectivity index (χ0v) is 15.1. The highest BCUT2D eigenvalue weighted by Crippen LogP contribution is 2.36. The van der Waals surface area contributed by atoms with Gasteiger partial charge < -0.3 is 28.8 Å². The normalized spacial score (nSPS) is 20.1. The van der Waals surface area contributed by atoms with E-state index in [0.717, 1.165) is 5.56 Å². The van der Waals surface area contributed by atoms with Gasteiger partial charge in [-0.2, -0.15) is 0 Å². The summed E-state index contributed by atoms with van der Waals surface area (Å²) in [6.07, 6.45) is 2.60. The molecule has 0 bridgehead atoms. The van der Waals surface area contributed by atoms with Crippen LogP contribution in [0.3, 0.4) is 0 Å². The zero-order chi connectivity index (χ0) is 18.7. The number of aromatic nitrogens is 2. The van der Waals surface area contributed by atoms with Crippen LogP contribution in [0.5, 0.6) is 11.5 Å². The quantitative estimate of drug-likeness (QED) is 0.856. The predicted molar refractivity (Wildman–Crippen MR) is 93.4 cm³/mol. The van der Waals surface area contributed by atoms with Crippen LogP contribution in [0, 0.1) is 0 Å². The largest absolute Gasteiger partial charge is 0.493 e. The maximum Gasteiger partial charge on any atom is 0.272 e. The standard InChI is InChI=1S/C18H23N3O5/c1-20-11-19-9-13(20)18(23)21-6-7-26-16(10-22)17(21)12-4-5-14(24-2)15(8-12)25-3/h4-5,8-9,11,16-17,22H,6-7,10H2,1-3H3/t16-,17-/m0/s1. The molecule has 1 fully saturated rings. The SMILES string of the molecule is COc1ccc([C@H]2[C@H](CO)OCCN2C(=O)c2cncn2C)cc1OC. The maximum absolute atomic E-state index is 13.1. The third kappa shape index (κ3) is 3.25. The van der Waals surface area contributed by atoms with Gasteiger partial charge >= 0.3 is 0 Å². The molecule has 1 aliphatic heterocycles. The lowest BCUT2D eigenvalue weighted by Gasteiger charge is -2.41. The highest BCUT2D eigenvalue weighted by Gasteiger charge is 2.37. The Labute approximate surface area is 151 Å². The van der Waals surface area contributed by atoms with Crippen LogP contribution in [-0.2, 0) is 11.8 Å². The number of carbonyl (C=O) groups is 1. The first kappa shape index (κ1) is 18.2. The number of rotatable bonds is 5. The van der Waals surface area contributed by atoms with Crippen molar-refractivity contribution in [3.05, 3.63) is 42.0 Å². The van der Waals surface area contributed by atoms with Gasteiger partial charge in [-0.15, -0.1) is 0 Å². The van der Waals surface area contributed by atoms with Crippen molar-refractivity contribution in [2.45, 2.75) is 12.1 Å². The molecule has 3 rings (SSSR count). The molecule has 1 aromatic heterocycles. The van der Waals surface area contributed by atoms with Crippen molar-refractivity contribution in [3.63, 3.8) is 0 Å². The molecule has 2 heterocycles.